The van der Waals surface area contributed by atoms with Crippen molar-refractivity contribution in [3.63, 3.8) is 0 Å². The zero-order chi connectivity index (χ0) is 18.2. The van der Waals surface area contributed by atoms with Crippen LogP contribution in [0, 0.1) is 5.41 Å². The number of hydrogen-bond acceptors (Lipinski definition) is 3. The molecule has 1 N–H and O–H groups in total. The summed E-state index contributed by atoms with van der Waals surface area (Å²) in [6, 6.07) is 7.80. The van der Waals surface area contributed by atoms with E-state index in [9.17, 15) is 9.59 Å². The van der Waals surface area contributed by atoms with Gasteiger partial charge in [-0.15, -0.1) is 0 Å². The van der Waals surface area contributed by atoms with E-state index >= 15 is 0 Å². The lowest BCUT2D eigenvalue weighted by Crippen LogP contribution is -2.40. The van der Waals surface area contributed by atoms with Crippen molar-refractivity contribution < 1.29 is 14.3 Å². The summed E-state index contributed by atoms with van der Waals surface area (Å²) in [4.78, 5) is 25.2. The first-order valence-electron chi connectivity index (χ1n) is 9.12. The molecule has 1 aliphatic carbocycles. The number of rotatable bonds is 4. The zero-order valence-electron chi connectivity index (χ0n) is 15.5. The molecule has 1 heterocycles. The van der Waals surface area contributed by atoms with Gasteiger partial charge in [0.05, 0.1) is 6.10 Å². The quantitative estimate of drug-likeness (QED) is 0.896. The Morgan fingerprint density at radius 2 is 1.96 bits per heavy atom. The average Bonchev–Trinajstić information content (AvgIpc) is 2.52. The topological polar surface area (TPSA) is 55.4 Å². The minimum atomic E-state index is -0.215. The smallest absolute Gasteiger partial charge is 0.225 e. The minimum absolute atomic E-state index is 0.0207. The van der Waals surface area contributed by atoms with E-state index in [0.29, 0.717) is 12.8 Å². The molecule has 134 valence electrons. The number of nitrogens with one attached hydrogen (secondary N) is 1. The first-order valence-corrected chi connectivity index (χ1v) is 9.12. The molecule has 25 heavy (non-hydrogen) atoms. The van der Waals surface area contributed by atoms with Gasteiger partial charge in [-0.2, -0.15) is 0 Å². The molecule has 4 heteroatoms. The van der Waals surface area contributed by atoms with Gasteiger partial charge in [0.1, 0.15) is 5.75 Å². The van der Waals surface area contributed by atoms with Crippen molar-refractivity contribution in [1.29, 1.82) is 0 Å². The highest BCUT2D eigenvalue weighted by Gasteiger charge is 2.41. The predicted molar refractivity (Wildman–Crippen MR) is 97.4 cm³/mol. The van der Waals surface area contributed by atoms with Crippen LogP contribution in [0.3, 0.4) is 0 Å². The van der Waals surface area contributed by atoms with Crippen LogP contribution in [0.1, 0.15) is 64.9 Å². The SMILES string of the molecule is CC[C@@H](C)Oc1ccccc1[C@@H]1CC(=O)NC2=C1C(=O)CC(C)(C)C2. The normalized spacial score (nSPS) is 23.8. The molecule has 3 rings (SSSR count). The molecule has 0 saturated carbocycles. The van der Waals surface area contributed by atoms with Crippen LogP contribution in [-0.4, -0.2) is 17.8 Å². The van der Waals surface area contributed by atoms with Crippen LogP contribution < -0.4 is 10.1 Å². The van der Waals surface area contributed by atoms with Crippen LogP contribution in [0.25, 0.3) is 0 Å². The van der Waals surface area contributed by atoms with Gasteiger partial charge in [-0.3, -0.25) is 9.59 Å². The number of ketones is 1. The maximum atomic E-state index is 12.9. The fourth-order valence-corrected chi connectivity index (χ4v) is 3.80. The van der Waals surface area contributed by atoms with E-state index in [0.717, 1.165) is 35.4 Å². The van der Waals surface area contributed by atoms with E-state index in [-0.39, 0.29) is 29.1 Å². The first kappa shape index (κ1) is 17.7. The van der Waals surface area contributed by atoms with Crippen molar-refractivity contribution in [2.45, 2.75) is 65.4 Å². The Bertz CT molecular complexity index is 732. The standard InChI is InChI=1S/C21H27NO3/c1-5-13(2)25-18-9-7-6-8-14(18)15-10-19(24)22-16-11-21(3,4)12-17(23)20(15)16/h6-9,13,15H,5,10-12H2,1-4H3,(H,22,24)/t13-,15+/m1/s1. The number of carbonyl (C=O) groups is 2. The summed E-state index contributed by atoms with van der Waals surface area (Å²) in [5, 5.41) is 2.95. The number of allylic oxidation sites excluding steroid dienone is 2. The second kappa shape index (κ2) is 6.66. The Balaban J connectivity index is 2.05. The molecule has 4 nitrogen and oxygen atoms in total. The molecule has 1 aromatic rings. The van der Waals surface area contributed by atoms with Crippen LogP contribution in [-0.2, 0) is 9.59 Å². The van der Waals surface area contributed by atoms with Gasteiger partial charge in [0, 0.05) is 35.6 Å². The largest absolute Gasteiger partial charge is 0.490 e. The molecule has 0 unspecified atom stereocenters. The lowest BCUT2D eigenvalue weighted by Gasteiger charge is -2.38. The summed E-state index contributed by atoms with van der Waals surface area (Å²) >= 11 is 0. The van der Waals surface area contributed by atoms with Gasteiger partial charge in [-0.05, 0) is 31.2 Å². The third-order valence-electron chi connectivity index (χ3n) is 5.15. The van der Waals surface area contributed by atoms with Crippen LogP contribution in [0.5, 0.6) is 5.75 Å². The van der Waals surface area contributed by atoms with Crippen molar-refractivity contribution >= 4 is 11.7 Å². The summed E-state index contributed by atoms with van der Waals surface area (Å²) in [6.45, 7) is 8.26. The van der Waals surface area contributed by atoms with Crippen molar-refractivity contribution in [2.24, 2.45) is 5.41 Å². The molecule has 0 saturated heterocycles. The second-order valence-corrected chi connectivity index (χ2v) is 8.01. The molecule has 1 aromatic carbocycles. The average molecular weight is 341 g/mol. The molecule has 1 aliphatic heterocycles. The van der Waals surface area contributed by atoms with Crippen LogP contribution in [0.2, 0.25) is 0 Å². The van der Waals surface area contributed by atoms with E-state index in [1.807, 2.05) is 31.2 Å². The van der Waals surface area contributed by atoms with Crippen molar-refractivity contribution in [1.82, 2.24) is 5.32 Å². The lowest BCUT2D eigenvalue weighted by atomic mass is 9.70. The number of amides is 1. The molecule has 0 bridgehead atoms. The second-order valence-electron chi connectivity index (χ2n) is 8.01. The predicted octanol–water partition coefficient (Wildman–Crippen LogP) is 4.11. The third-order valence-corrected chi connectivity index (χ3v) is 5.15. The lowest BCUT2D eigenvalue weighted by molar-refractivity contribution is -0.122. The number of Topliss-reactive ketones (excluding diaryl/α,β-unsaturated/α-hetero) is 1. The fraction of sp³-hybridized carbons (Fsp3) is 0.524. The molecule has 1 amide bonds. The summed E-state index contributed by atoms with van der Waals surface area (Å²) in [5.74, 6) is 0.691. The highest BCUT2D eigenvalue weighted by atomic mass is 16.5. The molecule has 0 aromatic heterocycles. The Labute approximate surface area is 149 Å². The number of ether oxygens (including phenoxy) is 1. The molecule has 2 aliphatic rings. The van der Waals surface area contributed by atoms with Gasteiger partial charge in [0.25, 0.3) is 0 Å². The monoisotopic (exact) mass is 341 g/mol. The van der Waals surface area contributed by atoms with Gasteiger partial charge in [-0.25, -0.2) is 0 Å². The number of para-hydroxylation sites is 1. The molecular formula is C21H27NO3. The number of hydrogen-bond donors (Lipinski definition) is 1. The van der Waals surface area contributed by atoms with E-state index in [1.54, 1.807) is 0 Å². The zero-order valence-corrected chi connectivity index (χ0v) is 15.5. The summed E-state index contributed by atoms with van der Waals surface area (Å²) in [6.07, 6.45) is 2.54. The van der Waals surface area contributed by atoms with Crippen LogP contribution >= 0.6 is 0 Å². The van der Waals surface area contributed by atoms with Crippen LogP contribution in [0.15, 0.2) is 35.5 Å². The third kappa shape index (κ3) is 3.63. The highest BCUT2D eigenvalue weighted by Crippen LogP contribution is 2.45. The van der Waals surface area contributed by atoms with Gasteiger partial charge in [0.15, 0.2) is 5.78 Å². The number of carbonyl (C=O) groups excluding carboxylic acids is 2. The van der Waals surface area contributed by atoms with Gasteiger partial charge in [0.2, 0.25) is 5.91 Å². The Morgan fingerprint density at radius 3 is 2.68 bits per heavy atom. The van der Waals surface area contributed by atoms with Gasteiger partial charge in [-0.1, -0.05) is 39.0 Å². The first-order chi connectivity index (χ1) is 11.8. The highest BCUT2D eigenvalue weighted by molar-refractivity contribution is 6.02. The molecule has 0 radical (unpaired) electrons. The van der Waals surface area contributed by atoms with Crippen LogP contribution in [0.4, 0.5) is 0 Å². The maximum Gasteiger partial charge on any atom is 0.225 e. The molecule has 2 atom stereocenters. The van der Waals surface area contributed by atoms with E-state index < -0.39 is 0 Å². The van der Waals surface area contributed by atoms with E-state index in [1.165, 1.54) is 0 Å². The van der Waals surface area contributed by atoms with E-state index in [4.69, 9.17) is 4.74 Å². The number of benzene rings is 1. The molecule has 0 spiro atoms. The van der Waals surface area contributed by atoms with Crippen molar-refractivity contribution in [3.05, 3.63) is 41.1 Å². The maximum absolute atomic E-state index is 12.9. The Hall–Kier alpha value is -2.10. The Kier molecular flexibility index (Phi) is 4.72. The Morgan fingerprint density at radius 1 is 1.24 bits per heavy atom. The fourth-order valence-electron chi connectivity index (χ4n) is 3.80. The van der Waals surface area contributed by atoms with Crippen molar-refractivity contribution in [2.75, 3.05) is 0 Å². The van der Waals surface area contributed by atoms with E-state index in [2.05, 4.69) is 26.1 Å². The van der Waals surface area contributed by atoms with Crippen molar-refractivity contribution in [3.8, 4) is 5.75 Å². The summed E-state index contributed by atoms with van der Waals surface area (Å²) in [5.41, 5.74) is 2.41. The molecular weight excluding hydrogens is 314 g/mol. The molecule has 0 fully saturated rings. The summed E-state index contributed by atoms with van der Waals surface area (Å²) < 4.78 is 6.07. The van der Waals surface area contributed by atoms with Gasteiger partial charge < -0.3 is 10.1 Å². The minimum Gasteiger partial charge on any atom is -0.490 e. The van der Waals surface area contributed by atoms with Gasteiger partial charge >= 0.3 is 0 Å². The summed E-state index contributed by atoms with van der Waals surface area (Å²) in [7, 11) is 0.